The zero-order chi connectivity index (χ0) is 22.4. The normalized spacial score (nSPS) is 13.9. The summed E-state index contributed by atoms with van der Waals surface area (Å²) in [4.78, 5) is 23.6. The standard InChI is InChI=1S/C26H26N4O2/c1-16(2)22-14-30(19-7-5-17(3)6-8-19)23-10-9-20(13-21(22)23)29-11-12-32-25-24(26(29)31)18(4)27-15-28-25/h5-10,13-16H,11-12H2,1-4H3. The molecular formula is C26H26N4O2. The van der Waals surface area contributed by atoms with Crippen LogP contribution in [0.15, 0.2) is 55.0 Å². The molecule has 2 aromatic heterocycles. The molecule has 162 valence electrons. The molecule has 0 bridgehead atoms. The molecule has 0 fully saturated rings. The van der Waals surface area contributed by atoms with Crippen molar-refractivity contribution in [3.8, 4) is 11.6 Å². The average Bonchev–Trinajstić information content (AvgIpc) is 3.07. The van der Waals surface area contributed by atoms with Crippen molar-refractivity contribution >= 4 is 22.5 Å². The quantitative estimate of drug-likeness (QED) is 0.452. The third kappa shape index (κ3) is 3.32. The highest BCUT2D eigenvalue weighted by molar-refractivity contribution is 6.09. The monoisotopic (exact) mass is 426 g/mol. The molecule has 4 aromatic rings. The van der Waals surface area contributed by atoms with E-state index in [1.807, 2.05) is 13.0 Å². The van der Waals surface area contributed by atoms with Crippen molar-refractivity contribution in [1.82, 2.24) is 14.5 Å². The molecule has 1 amide bonds. The fourth-order valence-corrected chi connectivity index (χ4v) is 4.31. The van der Waals surface area contributed by atoms with Crippen LogP contribution in [0.1, 0.15) is 46.9 Å². The topological polar surface area (TPSA) is 60.2 Å². The lowest BCUT2D eigenvalue weighted by Gasteiger charge is -2.21. The van der Waals surface area contributed by atoms with E-state index in [1.165, 1.54) is 17.5 Å². The minimum Gasteiger partial charge on any atom is -0.475 e. The highest BCUT2D eigenvalue weighted by Gasteiger charge is 2.28. The third-order valence-corrected chi connectivity index (χ3v) is 6.08. The van der Waals surface area contributed by atoms with E-state index in [0.717, 1.165) is 22.3 Å². The summed E-state index contributed by atoms with van der Waals surface area (Å²) in [6.07, 6.45) is 3.65. The Morgan fingerprint density at radius 3 is 2.50 bits per heavy atom. The number of carbonyl (C=O) groups excluding carboxylic acids is 1. The molecule has 1 aliphatic rings. The lowest BCUT2D eigenvalue weighted by molar-refractivity contribution is 0.0988. The van der Waals surface area contributed by atoms with E-state index in [4.69, 9.17) is 4.74 Å². The van der Waals surface area contributed by atoms with Gasteiger partial charge in [0, 0.05) is 23.0 Å². The molecule has 0 spiro atoms. The number of anilines is 1. The van der Waals surface area contributed by atoms with Crippen LogP contribution in [0.3, 0.4) is 0 Å². The van der Waals surface area contributed by atoms with Gasteiger partial charge in [0.05, 0.1) is 17.8 Å². The van der Waals surface area contributed by atoms with E-state index in [0.29, 0.717) is 36.2 Å². The smallest absolute Gasteiger partial charge is 0.265 e. The lowest BCUT2D eigenvalue weighted by atomic mass is 10.0. The van der Waals surface area contributed by atoms with Crippen molar-refractivity contribution in [2.75, 3.05) is 18.1 Å². The maximum Gasteiger partial charge on any atom is 0.265 e. The molecule has 5 rings (SSSR count). The van der Waals surface area contributed by atoms with Crippen LogP contribution in [-0.2, 0) is 0 Å². The lowest BCUT2D eigenvalue weighted by Crippen LogP contribution is -2.32. The van der Waals surface area contributed by atoms with E-state index >= 15 is 0 Å². The summed E-state index contributed by atoms with van der Waals surface area (Å²) in [7, 11) is 0. The number of rotatable bonds is 3. The van der Waals surface area contributed by atoms with Gasteiger partial charge in [0.15, 0.2) is 0 Å². The van der Waals surface area contributed by atoms with Crippen LogP contribution in [0.2, 0.25) is 0 Å². The predicted molar refractivity (Wildman–Crippen MR) is 126 cm³/mol. The minimum absolute atomic E-state index is 0.126. The Labute approximate surface area is 187 Å². The summed E-state index contributed by atoms with van der Waals surface area (Å²) >= 11 is 0. The van der Waals surface area contributed by atoms with Crippen LogP contribution in [0.4, 0.5) is 5.69 Å². The van der Waals surface area contributed by atoms with Gasteiger partial charge in [-0.2, -0.15) is 0 Å². The molecule has 2 aromatic carbocycles. The number of benzene rings is 2. The molecular weight excluding hydrogens is 400 g/mol. The second-order valence-corrected chi connectivity index (χ2v) is 8.59. The highest BCUT2D eigenvalue weighted by atomic mass is 16.5. The molecule has 6 heteroatoms. The first-order valence-electron chi connectivity index (χ1n) is 10.9. The molecule has 0 saturated heterocycles. The van der Waals surface area contributed by atoms with Gasteiger partial charge < -0.3 is 14.2 Å². The molecule has 6 nitrogen and oxygen atoms in total. The van der Waals surface area contributed by atoms with E-state index < -0.39 is 0 Å². The number of aromatic nitrogens is 3. The first-order chi connectivity index (χ1) is 15.4. The van der Waals surface area contributed by atoms with Crippen molar-refractivity contribution in [3.05, 3.63) is 77.4 Å². The van der Waals surface area contributed by atoms with Gasteiger partial charge in [-0.1, -0.05) is 31.5 Å². The van der Waals surface area contributed by atoms with Crippen molar-refractivity contribution < 1.29 is 9.53 Å². The average molecular weight is 427 g/mol. The van der Waals surface area contributed by atoms with Crippen LogP contribution in [-0.4, -0.2) is 33.6 Å². The van der Waals surface area contributed by atoms with Gasteiger partial charge in [0.2, 0.25) is 5.88 Å². The molecule has 0 unspecified atom stereocenters. The number of fused-ring (bicyclic) bond motifs is 2. The molecule has 0 N–H and O–H groups in total. The number of aryl methyl sites for hydroxylation is 2. The van der Waals surface area contributed by atoms with Crippen LogP contribution in [0.5, 0.6) is 5.88 Å². The first kappa shape index (κ1) is 20.2. The largest absolute Gasteiger partial charge is 0.475 e. The number of ether oxygens (including phenoxy) is 1. The van der Waals surface area contributed by atoms with Gasteiger partial charge in [-0.3, -0.25) is 4.79 Å². The van der Waals surface area contributed by atoms with E-state index in [1.54, 1.807) is 4.90 Å². The van der Waals surface area contributed by atoms with Crippen molar-refractivity contribution in [1.29, 1.82) is 0 Å². The second-order valence-electron chi connectivity index (χ2n) is 8.59. The van der Waals surface area contributed by atoms with Gasteiger partial charge in [0.25, 0.3) is 5.91 Å². The Morgan fingerprint density at radius 2 is 1.75 bits per heavy atom. The Bertz CT molecular complexity index is 1320. The summed E-state index contributed by atoms with van der Waals surface area (Å²) < 4.78 is 7.99. The van der Waals surface area contributed by atoms with Gasteiger partial charge in [0.1, 0.15) is 18.5 Å². The Balaban J connectivity index is 1.63. The molecule has 0 saturated carbocycles. The minimum atomic E-state index is -0.126. The van der Waals surface area contributed by atoms with Crippen molar-refractivity contribution in [3.63, 3.8) is 0 Å². The van der Waals surface area contributed by atoms with Gasteiger partial charge in [-0.25, -0.2) is 9.97 Å². The van der Waals surface area contributed by atoms with E-state index in [-0.39, 0.29) is 5.91 Å². The molecule has 3 heterocycles. The van der Waals surface area contributed by atoms with E-state index in [2.05, 4.69) is 77.9 Å². The molecule has 0 aliphatic carbocycles. The summed E-state index contributed by atoms with van der Waals surface area (Å²) in [6, 6.07) is 14.8. The maximum atomic E-state index is 13.4. The Kier molecular flexibility index (Phi) is 4.93. The fraction of sp³-hybridized carbons (Fsp3) is 0.269. The van der Waals surface area contributed by atoms with Gasteiger partial charge >= 0.3 is 0 Å². The number of nitrogens with zero attached hydrogens (tertiary/aromatic N) is 4. The Morgan fingerprint density at radius 1 is 1.00 bits per heavy atom. The second kappa shape index (κ2) is 7.79. The molecule has 0 atom stereocenters. The third-order valence-electron chi connectivity index (χ3n) is 6.08. The first-order valence-corrected chi connectivity index (χ1v) is 10.9. The van der Waals surface area contributed by atoms with E-state index in [9.17, 15) is 4.79 Å². The number of hydrogen-bond donors (Lipinski definition) is 0. The SMILES string of the molecule is Cc1ccc(-n2cc(C(C)C)c3cc(N4CCOc5ncnc(C)c5C4=O)ccc32)cc1. The summed E-state index contributed by atoms with van der Waals surface area (Å²) in [6.45, 7) is 9.14. The molecule has 1 aliphatic heterocycles. The number of hydrogen-bond acceptors (Lipinski definition) is 4. The van der Waals surface area contributed by atoms with Crippen LogP contribution in [0, 0.1) is 13.8 Å². The fourth-order valence-electron chi connectivity index (χ4n) is 4.31. The van der Waals surface area contributed by atoms with Crippen LogP contribution < -0.4 is 9.64 Å². The number of amides is 1. The summed E-state index contributed by atoms with van der Waals surface area (Å²) in [5, 5.41) is 1.15. The molecule has 0 radical (unpaired) electrons. The van der Waals surface area contributed by atoms with Crippen molar-refractivity contribution in [2.24, 2.45) is 0 Å². The predicted octanol–water partition coefficient (Wildman–Crippen LogP) is 5.20. The van der Waals surface area contributed by atoms with Crippen LogP contribution in [0.25, 0.3) is 16.6 Å². The zero-order valence-corrected chi connectivity index (χ0v) is 18.8. The van der Waals surface area contributed by atoms with Gasteiger partial charge in [-0.15, -0.1) is 0 Å². The van der Waals surface area contributed by atoms with Crippen LogP contribution >= 0.6 is 0 Å². The Hall–Kier alpha value is -3.67. The maximum absolute atomic E-state index is 13.4. The molecule has 32 heavy (non-hydrogen) atoms. The highest BCUT2D eigenvalue weighted by Crippen LogP contribution is 2.34. The van der Waals surface area contributed by atoms with Crippen molar-refractivity contribution in [2.45, 2.75) is 33.6 Å². The summed E-state index contributed by atoms with van der Waals surface area (Å²) in [5.74, 6) is 0.581. The summed E-state index contributed by atoms with van der Waals surface area (Å²) in [5.41, 5.74) is 6.65. The zero-order valence-electron chi connectivity index (χ0n) is 18.8. The number of carbonyl (C=O) groups is 1. The van der Waals surface area contributed by atoms with Gasteiger partial charge in [-0.05, 0) is 55.7 Å².